The highest BCUT2D eigenvalue weighted by Crippen LogP contribution is 2.68. The fourth-order valence-corrected chi connectivity index (χ4v) is 8.73. The van der Waals surface area contributed by atoms with E-state index in [0.29, 0.717) is 12.8 Å². The number of carbonyl (C=O) groups excluding carboxylic acids is 2. The maximum atomic E-state index is 13.7. The lowest BCUT2D eigenvalue weighted by atomic mass is 9.46. The predicted octanol–water partition coefficient (Wildman–Crippen LogP) is -0.372. The molecule has 5 aliphatic rings. The Morgan fingerprint density at radius 1 is 1.16 bits per heavy atom. The molecule has 0 unspecified atom stereocenters. The van der Waals surface area contributed by atoms with Crippen molar-refractivity contribution in [2.24, 2.45) is 34.5 Å². The van der Waals surface area contributed by atoms with E-state index in [1.54, 1.807) is 12.2 Å². The first-order valence-electron chi connectivity index (χ1n) is 13.6. The SMILES string of the molecule is C[C@@H]1C[C@H]2[C@@H]3CCC4=CC(=O)C=C[C@]4(C)[C@H]3[C@@H](O)C[C@]2(C)[C@@]1(O)C(=O)CO[C@@H]1O[C@H](CO)[C@H](O)[C@H](O)[C@H]1O. The minimum Gasteiger partial charge on any atom is -0.394 e. The number of Topliss-reactive ketones (excluding diaryl/α,β-unsaturated/α-hetero) is 1. The van der Waals surface area contributed by atoms with E-state index < -0.39 is 78.2 Å². The van der Waals surface area contributed by atoms with Gasteiger partial charge in [0.25, 0.3) is 0 Å². The van der Waals surface area contributed by atoms with Crippen molar-refractivity contribution in [1.29, 1.82) is 0 Å². The molecule has 1 saturated heterocycles. The molecule has 0 aromatic rings. The summed E-state index contributed by atoms with van der Waals surface area (Å²) in [5.41, 5.74) is -2.18. The minimum absolute atomic E-state index is 0.0411. The Kier molecular flexibility index (Phi) is 7.05. The molecule has 4 fully saturated rings. The summed E-state index contributed by atoms with van der Waals surface area (Å²) in [6, 6.07) is 0. The molecule has 6 N–H and O–H groups in total. The number of fused-ring (bicyclic) bond motifs is 5. The van der Waals surface area contributed by atoms with E-state index in [9.17, 15) is 40.2 Å². The van der Waals surface area contributed by atoms with Crippen LogP contribution in [0.2, 0.25) is 0 Å². The molecule has 0 aromatic carbocycles. The number of aliphatic hydroxyl groups excluding tert-OH is 5. The Morgan fingerprint density at radius 2 is 1.87 bits per heavy atom. The molecule has 5 rings (SSSR count). The molecular formula is C28H40O10. The lowest BCUT2D eigenvalue weighted by Crippen LogP contribution is -2.63. The first-order valence-corrected chi connectivity index (χ1v) is 13.6. The molecule has 1 heterocycles. The van der Waals surface area contributed by atoms with Gasteiger partial charge in [0.2, 0.25) is 0 Å². The van der Waals surface area contributed by atoms with E-state index in [-0.39, 0.29) is 30.0 Å². The molecule has 10 heteroatoms. The lowest BCUT2D eigenvalue weighted by molar-refractivity contribution is -0.300. The fraction of sp³-hybridized carbons (Fsp3) is 0.786. The number of ether oxygens (including phenoxy) is 2. The van der Waals surface area contributed by atoms with Crippen LogP contribution < -0.4 is 0 Å². The molecule has 0 spiro atoms. The number of allylic oxidation sites excluding steroid dienone is 4. The molecule has 4 aliphatic carbocycles. The summed E-state index contributed by atoms with van der Waals surface area (Å²) in [4.78, 5) is 25.7. The molecule has 212 valence electrons. The minimum atomic E-state index is -1.81. The molecule has 0 bridgehead atoms. The largest absolute Gasteiger partial charge is 0.394 e. The van der Waals surface area contributed by atoms with Crippen molar-refractivity contribution in [2.45, 2.75) is 88.9 Å². The van der Waals surface area contributed by atoms with Gasteiger partial charge < -0.3 is 40.1 Å². The van der Waals surface area contributed by atoms with E-state index in [2.05, 4.69) is 6.92 Å². The maximum absolute atomic E-state index is 13.7. The van der Waals surface area contributed by atoms with E-state index in [1.807, 2.05) is 19.9 Å². The van der Waals surface area contributed by atoms with Gasteiger partial charge in [0.1, 0.15) is 36.6 Å². The normalized spacial score (nSPS) is 52.1. The molecule has 38 heavy (non-hydrogen) atoms. The standard InChI is InChI=1S/C28H40O10/c1-13-8-17-16-5-4-14-9-15(30)6-7-26(14,2)21(16)18(31)10-27(17,3)28(13,36)20(32)12-37-25-24(35)23(34)22(33)19(11-29)38-25/h6-7,9,13,16-19,21-25,29,31,33-36H,4-5,8,10-12H2,1-3H3/t13-,16+,17+,18+,19-,21-,22+,23+,24-,25-,26+,27+,28+/m1/s1. The highest BCUT2D eigenvalue weighted by atomic mass is 16.7. The van der Waals surface area contributed by atoms with Crippen LogP contribution in [0, 0.1) is 34.5 Å². The third kappa shape index (κ3) is 3.83. The summed E-state index contributed by atoms with van der Waals surface area (Å²) in [7, 11) is 0. The molecule has 0 aromatic heterocycles. The smallest absolute Gasteiger partial charge is 0.190 e. The average molecular weight is 537 g/mol. The van der Waals surface area contributed by atoms with Gasteiger partial charge in [0.15, 0.2) is 17.9 Å². The van der Waals surface area contributed by atoms with E-state index in [0.717, 1.165) is 12.0 Å². The number of carbonyl (C=O) groups is 2. The number of hydrogen-bond donors (Lipinski definition) is 6. The summed E-state index contributed by atoms with van der Waals surface area (Å²) >= 11 is 0. The van der Waals surface area contributed by atoms with Gasteiger partial charge in [-0.25, -0.2) is 0 Å². The molecular weight excluding hydrogens is 496 g/mol. The Morgan fingerprint density at radius 3 is 2.55 bits per heavy atom. The van der Waals surface area contributed by atoms with Crippen LogP contribution in [0.5, 0.6) is 0 Å². The Bertz CT molecular complexity index is 1040. The number of hydrogen-bond acceptors (Lipinski definition) is 10. The van der Waals surface area contributed by atoms with Crippen molar-refractivity contribution in [2.75, 3.05) is 13.2 Å². The first-order chi connectivity index (χ1) is 17.8. The van der Waals surface area contributed by atoms with Crippen LogP contribution in [0.25, 0.3) is 0 Å². The van der Waals surface area contributed by atoms with Crippen molar-refractivity contribution in [3.63, 3.8) is 0 Å². The highest BCUT2D eigenvalue weighted by Gasteiger charge is 2.70. The maximum Gasteiger partial charge on any atom is 0.190 e. The van der Waals surface area contributed by atoms with Gasteiger partial charge in [-0.1, -0.05) is 32.4 Å². The second-order valence-corrected chi connectivity index (χ2v) is 12.5. The van der Waals surface area contributed by atoms with Crippen LogP contribution >= 0.6 is 0 Å². The van der Waals surface area contributed by atoms with E-state index in [1.165, 1.54) is 0 Å². The summed E-state index contributed by atoms with van der Waals surface area (Å²) in [5.74, 6) is -1.22. The summed E-state index contributed by atoms with van der Waals surface area (Å²) in [6.07, 6.45) is -0.877. The van der Waals surface area contributed by atoms with Gasteiger partial charge in [0, 0.05) is 16.7 Å². The lowest BCUT2D eigenvalue weighted by Gasteiger charge is -2.59. The summed E-state index contributed by atoms with van der Waals surface area (Å²) in [5, 5.41) is 63.3. The summed E-state index contributed by atoms with van der Waals surface area (Å²) < 4.78 is 10.9. The van der Waals surface area contributed by atoms with Crippen molar-refractivity contribution in [1.82, 2.24) is 0 Å². The molecule has 13 atom stereocenters. The van der Waals surface area contributed by atoms with Crippen molar-refractivity contribution in [3.8, 4) is 0 Å². The van der Waals surface area contributed by atoms with Gasteiger partial charge in [0.05, 0.1) is 12.7 Å². The molecule has 0 amide bonds. The predicted molar refractivity (Wildman–Crippen MR) is 132 cm³/mol. The Balaban J connectivity index is 1.37. The van der Waals surface area contributed by atoms with Gasteiger partial charge in [-0.05, 0) is 55.6 Å². The van der Waals surface area contributed by atoms with Gasteiger partial charge in [-0.15, -0.1) is 0 Å². The zero-order valence-corrected chi connectivity index (χ0v) is 22.1. The number of rotatable bonds is 5. The number of ketones is 2. The van der Waals surface area contributed by atoms with Crippen LogP contribution in [-0.4, -0.2) is 97.8 Å². The van der Waals surface area contributed by atoms with Crippen LogP contribution in [0.4, 0.5) is 0 Å². The van der Waals surface area contributed by atoms with E-state index in [4.69, 9.17) is 9.47 Å². The topological polar surface area (TPSA) is 174 Å². The number of aliphatic hydroxyl groups is 6. The van der Waals surface area contributed by atoms with Gasteiger partial charge >= 0.3 is 0 Å². The fourth-order valence-electron chi connectivity index (χ4n) is 8.73. The monoisotopic (exact) mass is 536 g/mol. The quantitative estimate of drug-likeness (QED) is 0.272. The summed E-state index contributed by atoms with van der Waals surface area (Å²) in [6.45, 7) is 4.51. The first kappa shape index (κ1) is 28.0. The van der Waals surface area contributed by atoms with Crippen molar-refractivity contribution >= 4 is 11.6 Å². The Hall–Kier alpha value is -1.50. The molecule has 1 aliphatic heterocycles. The second kappa shape index (κ2) is 9.55. The van der Waals surface area contributed by atoms with Crippen molar-refractivity contribution < 1.29 is 49.7 Å². The zero-order chi connectivity index (χ0) is 27.8. The third-order valence-corrected chi connectivity index (χ3v) is 10.7. The Labute approximate surface area is 221 Å². The molecule has 3 saturated carbocycles. The van der Waals surface area contributed by atoms with Crippen LogP contribution in [0.3, 0.4) is 0 Å². The van der Waals surface area contributed by atoms with Gasteiger partial charge in [-0.3, -0.25) is 9.59 Å². The van der Waals surface area contributed by atoms with Gasteiger partial charge in [-0.2, -0.15) is 0 Å². The van der Waals surface area contributed by atoms with Crippen LogP contribution in [-0.2, 0) is 19.1 Å². The van der Waals surface area contributed by atoms with E-state index >= 15 is 0 Å². The highest BCUT2D eigenvalue weighted by molar-refractivity contribution is 6.01. The molecule has 0 radical (unpaired) electrons. The molecule has 10 nitrogen and oxygen atoms in total. The average Bonchev–Trinajstić information content (AvgIpc) is 3.08. The third-order valence-electron chi connectivity index (χ3n) is 10.7. The van der Waals surface area contributed by atoms with Crippen molar-refractivity contribution in [3.05, 3.63) is 23.8 Å². The second-order valence-electron chi connectivity index (χ2n) is 12.5. The van der Waals surface area contributed by atoms with Crippen LogP contribution in [0.1, 0.15) is 46.5 Å². The zero-order valence-electron chi connectivity index (χ0n) is 22.1. The van der Waals surface area contributed by atoms with Crippen LogP contribution in [0.15, 0.2) is 23.8 Å².